The molecule has 2 heterocycles. The molecule has 1 fully saturated rings. The Morgan fingerprint density at radius 3 is 3.14 bits per heavy atom. The molecule has 1 amide bonds. The Kier molecular flexibility index (Phi) is 3.94. The summed E-state index contributed by atoms with van der Waals surface area (Å²) in [5.41, 5.74) is 1.70. The molecule has 3 N–H and O–H groups in total. The van der Waals surface area contributed by atoms with E-state index in [1.54, 1.807) is 12.4 Å². The van der Waals surface area contributed by atoms with Crippen LogP contribution in [0.5, 0.6) is 0 Å². The molecular formula is C15H19N6O. The number of nitrogens with zero attached hydrogens (tertiary/aromatic N) is 3. The Hall–Kier alpha value is -2.44. The summed E-state index contributed by atoms with van der Waals surface area (Å²) < 4.78 is 6.93. The number of carbonyl (C=O) groups is 1. The second-order valence-electron chi connectivity index (χ2n) is 5.30. The van der Waals surface area contributed by atoms with E-state index in [1.807, 2.05) is 6.07 Å². The van der Waals surface area contributed by atoms with Crippen molar-refractivity contribution < 1.29 is 6.17 Å². The highest BCUT2D eigenvalue weighted by Crippen LogP contribution is 2.33. The van der Waals surface area contributed by atoms with Crippen molar-refractivity contribution in [2.45, 2.75) is 31.6 Å². The number of nitrogens with one attached hydrogen (secondary N) is 3. The zero-order chi connectivity index (χ0) is 16.1. The predicted octanol–water partition coefficient (Wildman–Crippen LogP) is 1.70. The van der Waals surface area contributed by atoms with E-state index in [0.29, 0.717) is 23.2 Å². The van der Waals surface area contributed by atoms with E-state index in [4.69, 9.17) is 1.37 Å². The summed E-state index contributed by atoms with van der Waals surface area (Å²) in [6.07, 6.45) is 8.96. The molecule has 2 aromatic heterocycles. The average Bonchev–Trinajstić information content (AvgIpc) is 3.20. The first-order valence-corrected chi connectivity index (χ1v) is 7.25. The number of anilines is 2. The lowest BCUT2D eigenvalue weighted by Crippen LogP contribution is -2.20. The molecule has 115 valence electrons. The van der Waals surface area contributed by atoms with Gasteiger partial charge in [0.25, 0.3) is 0 Å². The molecule has 1 radical (unpaired) electrons. The van der Waals surface area contributed by atoms with Crippen LogP contribution < -0.4 is 10.6 Å². The topological polar surface area (TPSA) is 95.6 Å². The van der Waals surface area contributed by atoms with Crippen LogP contribution in [0.25, 0.3) is 0 Å². The van der Waals surface area contributed by atoms with Crippen molar-refractivity contribution in [3.05, 3.63) is 36.3 Å². The van der Waals surface area contributed by atoms with Gasteiger partial charge in [-0.2, -0.15) is 5.10 Å². The van der Waals surface area contributed by atoms with Crippen molar-refractivity contribution in [3.8, 4) is 0 Å². The van der Waals surface area contributed by atoms with Gasteiger partial charge in [-0.1, -0.05) is 0 Å². The third-order valence-electron chi connectivity index (χ3n) is 3.71. The molecule has 0 unspecified atom stereocenters. The molecular weight excluding hydrogens is 280 g/mol. The minimum absolute atomic E-state index is 0.122. The fourth-order valence-electron chi connectivity index (χ4n) is 2.52. The molecule has 1 aliphatic carbocycles. The summed E-state index contributed by atoms with van der Waals surface area (Å²) in [6, 6.07) is 2.00. The number of carbonyl (C=O) groups excluding carboxylic acids is 1. The lowest BCUT2D eigenvalue weighted by molar-refractivity contribution is -0.120. The van der Waals surface area contributed by atoms with Crippen molar-refractivity contribution in [2.24, 2.45) is 0 Å². The molecule has 1 aliphatic rings. The van der Waals surface area contributed by atoms with Gasteiger partial charge in [0.05, 0.1) is 24.5 Å². The fourth-order valence-corrected chi connectivity index (χ4v) is 2.52. The van der Waals surface area contributed by atoms with Crippen LogP contribution in [0.2, 0.25) is 0 Å². The molecule has 1 atom stereocenters. The number of hydrogen-bond acceptors (Lipinski definition) is 5. The maximum Gasteiger partial charge on any atom is 0.225 e. The Morgan fingerprint density at radius 1 is 1.45 bits per heavy atom. The van der Waals surface area contributed by atoms with E-state index >= 15 is 0 Å². The molecule has 0 aliphatic heterocycles. The standard InChI is InChI=1S/C15H19N6O/c1-16-15(22)6-11-8-18-14(9-17-11)19-13-7-12(20-21-13)10-4-2-3-5-10/h2,7-10H,3-6H2,1H3,(H,16,22)(H2,18,19,20,21)/t10-/m0/s1/i1D. The molecule has 22 heavy (non-hydrogen) atoms. The van der Waals surface area contributed by atoms with Crippen molar-refractivity contribution >= 4 is 17.5 Å². The molecule has 0 aromatic carbocycles. The van der Waals surface area contributed by atoms with Crippen LogP contribution in [-0.2, 0) is 11.2 Å². The predicted molar refractivity (Wildman–Crippen MR) is 82.6 cm³/mol. The number of hydrogen-bond donors (Lipinski definition) is 3. The van der Waals surface area contributed by atoms with Gasteiger partial charge in [-0.05, 0) is 25.7 Å². The summed E-state index contributed by atoms with van der Waals surface area (Å²) in [5.74, 6) is 1.58. The minimum Gasteiger partial charge on any atom is -0.359 e. The van der Waals surface area contributed by atoms with Gasteiger partial charge in [-0.3, -0.25) is 14.9 Å². The van der Waals surface area contributed by atoms with Gasteiger partial charge >= 0.3 is 0 Å². The third kappa shape index (κ3) is 3.41. The van der Waals surface area contributed by atoms with Crippen molar-refractivity contribution in [1.82, 2.24) is 25.5 Å². The molecule has 1 saturated carbocycles. The minimum atomic E-state index is -0.236. The van der Waals surface area contributed by atoms with Gasteiger partial charge in [0.1, 0.15) is 5.82 Å². The van der Waals surface area contributed by atoms with Gasteiger partial charge in [0, 0.05) is 26.1 Å². The Labute approximate surface area is 130 Å². The first-order valence-electron chi connectivity index (χ1n) is 7.96. The summed E-state index contributed by atoms with van der Waals surface area (Å²) in [5, 5.41) is 12.8. The first kappa shape index (κ1) is 13.2. The molecule has 0 saturated heterocycles. The average molecular weight is 300 g/mol. The number of aromatic nitrogens is 4. The van der Waals surface area contributed by atoms with Crippen LogP contribution in [0.15, 0.2) is 18.5 Å². The summed E-state index contributed by atoms with van der Waals surface area (Å²) >= 11 is 0. The highest BCUT2D eigenvalue weighted by Gasteiger charge is 2.19. The molecule has 7 heteroatoms. The van der Waals surface area contributed by atoms with Crippen LogP contribution in [0.1, 0.15) is 37.9 Å². The highest BCUT2D eigenvalue weighted by molar-refractivity contribution is 5.77. The van der Waals surface area contributed by atoms with Crippen molar-refractivity contribution in [2.75, 3.05) is 12.3 Å². The Balaban J connectivity index is 1.58. The van der Waals surface area contributed by atoms with Crippen LogP contribution in [0.3, 0.4) is 0 Å². The number of rotatable bonds is 5. The van der Waals surface area contributed by atoms with E-state index in [2.05, 4.69) is 37.2 Å². The van der Waals surface area contributed by atoms with Gasteiger partial charge in [0.2, 0.25) is 5.91 Å². The number of amides is 1. The lowest BCUT2D eigenvalue weighted by atomic mass is 10.0. The largest absolute Gasteiger partial charge is 0.359 e. The van der Waals surface area contributed by atoms with Crippen molar-refractivity contribution in [1.29, 1.82) is 0 Å². The molecule has 0 bridgehead atoms. The molecule has 0 spiro atoms. The monoisotopic (exact) mass is 300 g/mol. The third-order valence-corrected chi connectivity index (χ3v) is 3.71. The van der Waals surface area contributed by atoms with Crippen molar-refractivity contribution in [3.63, 3.8) is 0 Å². The highest BCUT2D eigenvalue weighted by atomic mass is 16.1. The van der Waals surface area contributed by atoms with Crippen LogP contribution >= 0.6 is 0 Å². The molecule has 3 rings (SSSR count). The Morgan fingerprint density at radius 2 is 2.41 bits per heavy atom. The fraction of sp³-hybridized carbons (Fsp3) is 0.400. The maximum atomic E-state index is 11.4. The summed E-state index contributed by atoms with van der Waals surface area (Å²) in [7, 11) is -0.133. The number of aromatic amines is 1. The second kappa shape index (κ2) is 6.55. The lowest BCUT2D eigenvalue weighted by Gasteiger charge is -2.04. The maximum absolute atomic E-state index is 11.4. The second-order valence-corrected chi connectivity index (χ2v) is 5.30. The van der Waals surface area contributed by atoms with Gasteiger partial charge in [-0.15, -0.1) is 0 Å². The smallest absolute Gasteiger partial charge is 0.225 e. The molecule has 7 nitrogen and oxygen atoms in total. The first-order chi connectivity index (χ1) is 11.2. The van der Waals surface area contributed by atoms with Gasteiger partial charge in [0.15, 0.2) is 5.82 Å². The quantitative estimate of drug-likeness (QED) is 0.781. The van der Waals surface area contributed by atoms with Gasteiger partial charge < -0.3 is 10.6 Å². The van der Waals surface area contributed by atoms with E-state index in [1.165, 1.54) is 0 Å². The van der Waals surface area contributed by atoms with E-state index in [0.717, 1.165) is 25.0 Å². The van der Waals surface area contributed by atoms with Crippen LogP contribution in [0, 0.1) is 6.42 Å². The zero-order valence-corrected chi connectivity index (χ0v) is 12.2. The molecule has 2 aromatic rings. The van der Waals surface area contributed by atoms with Crippen LogP contribution in [-0.4, -0.2) is 33.1 Å². The van der Waals surface area contributed by atoms with E-state index in [-0.39, 0.29) is 19.4 Å². The number of likely N-dealkylation sites (N-methyl/N-ethyl adjacent to an activating group) is 1. The number of H-pyrrole nitrogens is 1. The zero-order valence-electron chi connectivity index (χ0n) is 13.2. The van der Waals surface area contributed by atoms with Gasteiger partial charge in [-0.25, -0.2) is 4.98 Å². The SMILES string of the molecule is [2H]CNC(=O)Cc1cnc(Nc2cc([C@H]3C[CH]CC3)[nH]n2)cn1. The normalized spacial score (nSPS) is 15.5. The Bertz CT molecular complexity index is 650. The van der Waals surface area contributed by atoms with Crippen LogP contribution in [0.4, 0.5) is 11.6 Å². The van der Waals surface area contributed by atoms with E-state index < -0.39 is 0 Å². The summed E-state index contributed by atoms with van der Waals surface area (Å²) in [6.45, 7) is 0. The summed E-state index contributed by atoms with van der Waals surface area (Å²) in [4.78, 5) is 19.8. The van der Waals surface area contributed by atoms with E-state index in [9.17, 15) is 4.79 Å².